The minimum atomic E-state index is -1.21. The predicted molar refractivity (Wildman–Crippen MR) is 68.4 cm³/mol. The van der Waals surface area contributed by atoms with Crippen LogP contribution in [-0.2, 0) is 9.59 Å². The number of hydrogen-bond donors (Lipinski definition) is 1. The van der Waals surface area contributed by atoms with Crippen LogP contribution in [-0.4, -0.2) is 63.9 Å². The Hall–Kier alpha value is -2.12. The summed E-state index contributed by atoms with van der Waals surface area (Å²) in [5.74, 6) is -0.948. The third-order valence-corrected chi connectivity index (χ3v) is 4.46. The van der Waals surface area contributed by atoms with Crippen molar-refractivity contribution in [1.29, 1.82) is 0 Å². The van der Waals surface area contributed by atoms with Gasteiger partial charge in [0.25, 0.3) is 0 Å². The van der Waals surface area contributed by atoms with Crippen molar-refractivity contribution in [2.75, 3.05) is 14.1 Å². The van der Waals surface area contributed by atoms with Crippen molar-refractivity contribution >= 4 is 23.8 Å². The van der Waals surface area contributed by atoms with E-state index in [0.717, 1.165) is 4.90 Å². The van der Waals surface area contributed by atoms with Gasteiger partial charge >= 0.3 is 12.1 Å². The first kappa shape index (κ1) is 14.3. The van der Waals surface area contributed by atoms with Crippen LogP contribution >= 0.6 is 0 Å². The van der Waals surface area contributed by atoms with Crippen molar-refractivity contribution in [2.45, 2.75) is 38.5 Å². The van der Waals surface area contributed by atoms with Crippen LogP contribution in [0.1, 0.15) is 27.2 Å². The number of carbonyl (C=O) groups is 4. The van der Waals surface area contributed by atoms with Crippen molar-refractivity contribution in [3.63, 3.8) is 0 Å². The van der Waals surface area contributed by atoms with Gasteiger partial charge in [-0.2, -0.15) is 0 Å². The third kappa shape index (κ3) is 1.41. The number of hydrogen-bond acceptors (Lipinski definition) is 4. The number of ketones is 1. The molecule has 8 heteroatoms. The second kappa shape index (κ2) is 3.94. The van der Waals surface area contributed by atoms with Crippen LogP contribution in [0.2, 0.25) is 0 Å². The summed E-state index contributed by atoms with van der Waals surface area (Å²) in [6.07, 6.45) is -0.370. The average Bonchev–Trinajstić information content (AvgIpc) is 2.58. The average molecular weight is 282 g/mol. The minimum Gasteiger partial charge on any atom is -0.311 e. The smallest absolute Gasteiger partial charge is 0.311 e. The summed E-state index contributed by atoms with van der Waals surface area (Å²) in [7, 11) is 3.09. The number of carbonyl (C=O) groups excluding carboxylic acids is 4. The van der Waals surface area contributed by atoms with E-state index in [2.05, 4.69) is 5.32 Å². The van der Waals surface area contributed by atoms with Crippen molar-refractivity contribution < 1.29 is 19.2 Å². The molecule has 2 saturated heterocycles. The third-order valence-electron chi connectivity index (χ3n) is 4.46. The molecule has 8 nitrogen and oxygen atoms in total. The molecule has 0 aromatic heterocycles. The lowest BCUT2D eigenvalue weighted by Crippen LogP contribution is -2.64. The Morgan fingerprint density at radius 2 is 1.70 bits per heavy atom. The summed E-state index contributed by atoms with van der Waals surface area (Å²) < 4.78 is 0. The lowest BCUT2D eigenvalue weighted by molar-refractivity contribution is -0.136. The molecule has 2 rings (SSSR count). The molecule has 110 valence electrons. The number of Topliss-reactive ketones (excluding diaryl/α,β-unsaturated/α-hetero) is 1. The number of imide groups is 1. The molecule has 2 aliphatic heterocycles. The summed E-state index contributed by atoms with van der Waals surface area (Å²) in [5, 5.41) is 2.67. The van der Waals surface area contributed by atoms with Gasteiger partial charge in [-0.1, -0.05) is 0 Å². The fourth-order valence-corrected chi connectivity index (χ4v) is 2.93. The fourth-order valence-electron chi connectivity index (χ4n) is 2.93. The molecular formula is C12H18N4O4. The molecule has 0 bridgehead atoms. The van der Waals surface area contributed by atoms with Crippen LogP contribution < -0.4 is 5.32 Å². The maximum Gasteiger partial charge on any atom is 0.330 e. The molecule has 0 unspecified atom stereocenters. The highest BCUT2D eigenvalue weighted by Crippen LogP contribution is 2.44. The number of fused-ring (bicyclic) bond motifs is 1. The van der Waals surface area contributed by atoms with Gasteiger partial charge in [0.15, 0.2) is 11.3 Å². The Bertz CT molecular complexity index is 534. The Morgan fingerprint density at radius 3 is 2.20 bits per heavy atom. The second-order valence-electron chi connectivity index (χ2n) is 5.53. The molecule has 0 aromatic rings. The van der Waals surface area contributed by atoms with Gasteiger partial charge in [0.05, 0.1) is 6.42 Å². The lowest BCUT2D eigenvalue weighted by atomic mass is 9.96. The Morgan fingerprint density at radius 1 is 1.15 bits per heavy atom. The topological polar surface area (TPSA) is 90.0 Å². The molecular weight excluding hydrogens is 264 g/mol. The van der Waals surface area contributed by atoms with E-state index in [4.69, 9.17) is 0 Å². The van der Waals surface area contributed by atoms with E-state index in [1.807, 2.05) is 0 Å². The van der Waals surface area contributed by atoms with Gasteiger partial charge in [0, 0.05) is 14.1 Å². The molecule has 0 aromatic carbocycles. The van der Waals surface area contributed by atoms with E-state index in [9.17, 15) is 19.2 Å². The molecule has 20 heavy (non-hydrogen) atoms. The number of amides is 5. The lowest BCUT2D eigenvalue weighted by Gasteiger charge is -2.40. The number of rotatable bonds is 2. The first-order valence-electron chi connectivity index (χ1n) is 6.23. The number of likely N-dealkylation sites (N-methyl/N-ethyl adjacent to an activating group) is 2. The number of urea groups is 2. The normalized spacial score (nSPS) is 32.5. The molecule has 1 N–H and O–H groups in total. The molecule has 0 aliphatic carbocycles. The molecule has 2 fully saturated rings. The zero-order valence-electron chi connectivity index (χ0n) is 12.2. The summed E-state index contributed by atoms with van der Waals surface area (Å²) in [6, 6.07) is -0.914. The standard InChI is InChI=1S/C12H18N4O4/c1-7(17)6-8(18)16-10(20)15(5)12(3)11(16,2)13-9(19)14(12)4/h6H2,1-5H3,(H,13,19)/t11-,12+/m1/s1. The monoisotopic (exact) mass is 282 g/mol. The fraction of sp³-hybridized carbons (Fsp3) is 0.667. The highest BCUT2D eigenvalue weighted by Gasteiger charge is 2.70. The zero-order valence-corrected chi connectivity index (χ0v) is 12.2. The first-order chi connectivity index (χ1) is 9.07. The summed E-state index contributed by atoms with van der Waals surface area (Å²) in [6.45, 7) is 4.58. The van der Waals surface area contributed by atoms with Crippen molar-refractivity contribution in [3.05, 3.63) is 0 Å². The van der Waals surface area contributed by atoms with E-state index >= 15 is 0 Å². The first-order valence-corrected chi connectivity index (χ1v) is 6.23. The minimum absolute atomic E-state index is 0.333. The van der Waals surface area contributed by atoms with E-state index < -0.39 is 23.3 Å². The molecule has 2 aliphatic rings. The number of nitrogens with zero attached hydrogens (tertiary/aromatic N) is 3. The molecule has 0 saturated carbocycles. The highest BCUT2D eigenvalue weighted by molar-refractivity contribution is 6.06. The Labute approximate surface area is 116 Å². The van der Waals surface area contributed by atoms with Gasteiger partial charge in [-0.05, 0) is 20.8 Å². The van der Waals surface area contributed by atoms with Gasteiger partial charge in [-0.25, -0.2) is 14.5 Å². The zero-order chi connectivity index (χ0) is 15.5. The summed E-state index contributed by atoms with van der Waals surface area (Å²) >= 11 is 0. The molecule has 2 heterocycles. The summed E-state index contributed by atoms with van der Waals surface area (Å²) in [4.78, 5) is 51.3. The molecule has 2 atom stereocenters. The van der Waals surface area contributed by atoms with Gasteiger partial charge in [-0.3, -0.25) is 9.59 Å². The van der Waals surface area contributed by atoms with Crippen LogP contribution in [0.3, 0.4) is 0 Å². The van der Waals surface area contributed by atoms with Crippen molar-refractivity contribution in [2.24, 2.45) is 0 Å². The van der Waals surface area contributed by atoms with Gasteiger partial charge in [0.2, 0.25) is 5.91 Å². The maximum absolute atomic E-state index is 12.3. The van der Waals surface area contributed by atoms with Crippen molar-refractivity contribution in [3.8, 4) is 0 Å². The van der Waals surface area contributed by atoms with E-state index in [0.29, 0.717) is 0 Å². The maximum atomic E-state index is 12.3. The molecule has 0 spiro atoms. The Balaban J connectivity index is 2.50. The molecule has 5 amide bonds. The van der Waals surface area contributed by atoms with Crippen LogP contribution in [0.15, 0.2) is 0 Å². The van der Waals surface area contributed by atoms with E-state index in [1.54, 1.807) is 20.9 Å². The van der Waals surface area contributed by atoms with Crippen LogP contribution in [0, 0.1) is 0 Å². The van der Waals surface area contributed by atoms with Crippen LogP contribution in [0.4, 0.5) is 9.59 Å². The van der Waals surface area contributed by atoms with Crippen LogP contribution in [0.5, 0.6) is 0 Å². The predicted octanol–water partition coefficient (Wildman–Crippen LogP) is -0.0531. The molecule has 0 radical (unpaired) electrons. The van der Waals surface area contributed by atoms with Gasteiger partial charge in [0.1, 0.15) is 5.78 Å². The second-order valence-corrected chi connectivity index (χ2v) is 5.53. The largest absolute Gasteiger partial charge is 0.330 e. The van der Waals surface area contributed by atoms with E-state index in [1.165, 1.54) is 23.8 Å². The van der Waals surface area contributed by atoms with Gasteiger partial charge in [-0.15, -0.1) is 0 Å². The Kier molecular flexibility index (Phi) is 2.81. The quantitative estimate of drug-likeness (QED) is 0.719. The van der Waals surface area contributed by atoms with E-state index in [-0.39, 0.29) is 18.2 Å². The van der Waals surface area contributed by atoms with Crippen molar-refractivity contribution in [1.82, 2.24) is 20.0 Å². The van der Waals surface area contributed by atoms with Gasteiger partial charge < -0.3 is 15.1 Å². The van der Waals surface area contributed by atoms with Crippen LogP contribution in [0.25, 0.3) is 0 Å². The highest BCUT2D eigenvalue weighted by atomic mass is 16.2. The SMILES string of the molecule is CC(=O)CC(=O)N1C(=O)N(C)[C@]2(C)N(C)C(=O)N[C@]12C. The number of nitrogens with one attached hydrogen (secondary N) is 1. The summed E-state index contributed by atoms with van der Waals surface area (Å²) in [5.41, 5.74) is -2.22.